The third-order valence-corrected chi connectivity index (χ3v) is 5.73. The van der Waals surface area contributed by atoms with Gasteiger partial charge in [-0.25, -0.2) is 0 Å². The molecule has 2 nitrogen and oxygen atoms in total. The Labute approximate surface area is 170 Å². The summed E-state index contributed by atoms with van der Waals surface area (Å²) in [6.07, 6.45) is 11.3. The highest BCUT2D eigenvalue weighted by Crippen LogP contribution is 2.30. The van der Waals surface area contributed by atoms with Gasteiger partial charge in [-0.3, -0.25) is 9.97 Å². The van der Waals surface area contributed by atoms with Crippen LogP contribution in [-0.2, 0) is 18.3 Å². The van der Waals surface area contributed by atoms with E-state index in [0.717, 1.165) is 18.5 Å². The molecule has 146 valence electrons. The minimum atomic E-state index is 0.233. The third kappa shape index (κ3) is 4.67. The number of aromatic nitrogens is 2. The van der Waals surface area contributed by atoms with Crippen LogP contribution >= 0.6 is 0 Å². The molecule has 0 atom stereocenters. The second kappa shape index (κ2) is 9.14. The van der Waals surface area contributed by atoms with Crippen molar-refractivity contribution in [2.45, 2.75) is 65.2 Å². The SMILES string of the molecule is CCCCC(C)(C)c1ccc(Cc2ncccc2-c2cnccc2CC)cc1. The Kier molecular flexibility index (Phi) is 6.61. The molecule has 0 aliphatic heterocycles. The van der Waals surface area contributed by atoms with Crippen molar-refractivity contribution in [2.75, 3.05) is 0 Å². The van der Waals surface area contributed by atoms with Crippen molar-refractivity contribution in [1.82, 2.24) is 9.97 Å². The summed E-state index contributed by atoms with van der Waals surface area (Å²) in [6.45, 7) is 9.15. The first-order valence-electron chi connectivity index (χ1n) is 10.5. The number of nitrogens with zero attached hydrogens (tertiary/aromatic N) is 2. The summed E-state index contributed by atoms with van der Waals surface area (Å²) in [6, 6.07) is 15.4. The Balaban J connectivity index is 1.85. The average molecular weight is 373 g/mol. The fourth-order valence-electron chi connectivity index (χ4n) is 3.83. The summed E-state index contributed by atoms with van der Waals surface area (Å²) < 4.78 is 0. The van der Waals surface area contributed by atoms with Gasteiger partial charge in [0.15, 0.2) is 0 Å². The lowest BCUT2D eigenvalue weighted by Gasteiger charge is -2.25. The zero-order valence-corrected chi connectivity index (χ0v) is 17.7. The lowest BCUT2D eigenvalue weighted by molar-refractivity contribution is 0.458. The lowest BCUT2D eigenvalue weighted by atomic mass is 9.80. The highest BCUT2D eigenvalue weighted by molar-refractivity contribution is 5.69. The van der Waals surface area contributed by atoms with E-state index in [0.29, 0.717) is 0 Å². The zero-order chi connectivity index (χ0) is 20.0. The second-order valence-corrected chi connectivity index (χ2v) is 8.25. The van der Waals surface area contributed by atoms with Gasteiger partial charge < -0.3 is 0 Å². The first-order chi connectivity index (χ1) is 13.5. The molecule has 0 amide bonds. The second-order valence-electron chi connectivity index (χ2n) is 8.25. The molecule has 3 rings (SSSR count). The van der Waals surface area contributed by atoms with E-state index in [1.54, 1.807) is 0 Å². The maximum atomic E-state index is 4.71. The summed E-state index contributed by atoms with van der Waals surface area (Å²) in [5.41, 5.74) is 7.78. The Morgan fingerprint density at radius 2 is 1.68 bits per heavy atom. The van der Waals surface area contributed by atoms with Crippen molar-refractivity contribution in [3.8, 4) is 11.1 Å². The van der Waals surface area contributed by atoms with Crippen LogP contribution in [0.5, 0.6) is 0 Å². The number of unbranched alkanes of at least 4 members (excludes halogenated alkanes) is 1. The highest BCUT2D eigenvalue weighted by Gasteiger charge is 2.19. The van der Waals surface area contributed by atoms with Gasteiger partial charge >= 0.3 is 0 Å². The van der Waals surface area contributed by atoms with Gasteiger partial charge in [-0.2, -0.15) is 0 Å². The quantitative estimate of drug-likeness (QED) is 0.436. The Bertz CT molecular complexity index is 894. The Morgan fingerprint density at radius 1 is 0.893 bits per heavy atom. The highest BCUT2D eigenvalue weighted by atomic mass is 14.7. The van der Waals surface area contributed by atoms with Crippen molar-refractivity contribution in [1.29, 1.82) is 0 Å². The molecule has 1 aromatic carbocycles. The molecule has 0 bridgehead atoms. The van der Waals surface area contributed by atoms with E-state index in [1.807, 2.05) is 24.7 Å². The van der Waals surface area contributed by atoms with Crippen LogP contribution in [0.25, 0.3) is 11.1 Å². The molecule has 2 heterocycles. The van der Waals surface area contributed by atoms with E-state index in [2.05, 4.69) is 69.1 Å². The molecule has 0 saturated carbocycles. The van der Waals surface area contributed by atoms with E-state index < -0.39 is 0 Å². The number of aryl methyl sites for hydroxylation is 1. The molecule has 0 fully saturated rings. The van der Waals surface area contributed by atoms with E-state index in [1.165, 1.54) is 47.1 Å². The number of hydrogen-bond donors (Lipinski definition) is 0. The lowest BCUT2D eigenvalue weighted by Crippen LogP contribution is -2.16. The van der Waals surface area contributed by atoms with Crippen LogP contribution in [0.2, 0.25) is 0 Å². The normalized spacial score (nSPS) is 11.6. The molecule has 0 saturated heterocycles. The van der Waals surface area contributed by atoms with Gasteiger partial charge in [-0.15, -0.1) is 0 Å². The summed E-state index contributed by atoms with van der Waals surface area (Å²) in [4.78, 5) is 9.06. The van der Waals surface area contributed by atoms with E-state index in [9.17, 15) is 0 Å². The van der Waals surface area contributed by atoms with Crippen molar-refractivity contribution in [2.24, 2.45) is 0 Å². The average Bonchev–Trinajstić information content (AvgIpc) is 2.73. The van der Waals surface area contributed by atoms with Gasteiger partial charge in [0.25, 0.3) is 0 Å². The van der Waals surface area contributed by atoms with Crippen LogP contribution in [0.1, 0.15) is 69.3 Å². The molecule has 0 aliphatic rings. The van der Waals surface area contributed by atoms with Gasteiger partial charge in [0.1, 0.15) is 0 Å². The maximum Gasteiger partial charge on any atom is 0.0526 e. The molecule has 2 aromatic heterocycles. The molecule has 0 unspecified atom stereocenters. The number of hydrogen-bond acceptors (Lipinski definition) is 2. The van der Waals surface area contributed by atoms with Crippen molar-refractivity contribution >= 4 is 0 Å². The van der Waals surface area contributed by atoms with Crippen molar-refractivity contribution in [3.05, 3.63) is 83.4 Å². The minimum absolute atomic E-state index is 0.233. The van der Waals surface area contributed by atoms with Crippen molar-refractivity contribution < 1.29 is 0 Å². The molecule has 2 heteroatoms. The predicted octanol–water partition coefficient (Wildman–Crippen LogP) is 6.76. The summed E-state index contributed by atoms with van der Waals surface area (Å²) in [5.74, 6) is 0. The summed E-state index contributed by atoms with van der Waals surface area (Å²) in [7, 11) is 0. The minimum Gasteiger partial charge on any atom is -0.264 e. The van der Waals surface area contributed by atoms with Crippen LogP contribution in [0.3, 0.4) is 0 Å². The zero-order valence-electron chi connectivity index (χ0n) is 17.7. The van der Waals surface area contributed by atoms with Crippen molar-refractivity contribution in [3.63, 3.8) is 0 Å². The molecule has 0 N–H and O–H groups in total. The Hall–Kier alpha value is -2.48. The van der Waals surface area contributed by atoms with Gasteiger partial charge in [0.2, 0.25) is 0 Å². The molecule has 3 aromatic rings. The topological polar surface area (TPSA) is 25.8 Å². The van der Waals surface area contributed by atoms with Crippen LogP contribution in [0.4, 0.5) is 0 Å². The smallest absolute Gasteiger partial charge is 0.0526 e. The standard InChI is InChI=1S/C26H32N2/c1-5-7-15-26(3,4)22-12-10-20(11-13-22)18-25-23(9-8-16-28-25)24-19-27-17-14-21(24)6-2/h8-14,16-17,19H,5-7,15,18H2,1-4H3. The van der Waals surface area contributed by atoms with Crippen LogP contribution in [0, 0.1) is 0 Å². The molecule has 0 radical (unpaired) electrons. The van der Waals surface area contributed by atoms with Gasteiger partial charge in [0.05, 0.1) is 5.69 Å². The predicted molar refractivity (Wildman–Crippen MR) is 119 cm³/mol. The Morgan fingerprint density at radius 3 is 2.39 bits per heavy atom. The molecule has 0 aliphatic carbocycles. The van der Waals surface area contributed by atoms with Crippen LogP contribution in [0.15, 0.2) is 61.1 Å². The molecular weight excluding hydrogens is 340 g/mol. The third-order valence-electron chi connectivity index (χ3n) is 5.73. The van der Waals surface area contributed by atoms with E-state index >= 15 is 0 Å². The fraction of sp³-hybridized carbons (Fsp3) is 0.385. The van der Waals surface area contributed by atoms with Gasteiger partial charge in [-0.05, 0) is 47.1 Å². The number of rotatable bonds is 8. The number of benzene rings is 1. The largest absolute Gasteiger partial charge is 0.264 e. The van der Waals surface area contributed by atoms with E-state index in [4.69, 9.17) is 4.98 Å². The first-order valence-corrected chi connectivity index (χ1v) is 10.5. The van der Waals surface area contributed by atoms with Gasteiger partial charge in [-0.1, -0.05) is 70.9 Å². The monoisotopic (exact) mass is 372 g/mol. The van der Waals surface area contributed by atoms with Crippen LogP contribution in [-0.4, -0.2) is 9.97 Å². The van der Waals surface area contributed by atoms with Crippen LogP contribution < -0.4 is 0 Å². The maximum absolute atomic E-state index is 4.71. The molecular formula is C26H32N2. The fourth-order valence-corrected chi connectivity index (χ4v) is 3.83. The first kappa shape index (κ1) is 20.3. The van der Waals surface area contributed by atoms with E-state index in [-0.39, 0.29) is 5.41 Å². The molecule has 28 heavy (non-hydrogen) atoms. The number of pyridine rings is 2. The summed E-state index contributed by atoms with van der Waals surface area (Å²) >= 11 is 0. The molecule has 0 spiro atoms. The summed E-state index contributed by atoms with van der Waals surface area (Å²) in [5, 5.41) is 0. The van der Waals surface area contributed by atoms with Gasteiger partial charge in [0, 0.05) is 36.1 Å².